The first-order valence-electron chi connectivity index (χ1n) is 11.9. The number of benzene rings is 1. The Hall–Kier alpha value is -3.15. The van der Waals surface area contributed by atoms with Gasteiger partial charge in [-0.15, -0.1) is 0 Å². The summed E-state index contributed by atoms with van der Waals surface area (Å²) in [5.41, 5.74) is 1.77. The Morgan fingerprint density at radius 1 is 1.11 bits per heavy atom. The zero-order chi connectivity index (χ0) is 24.0. The van der Waals surface area contributed by atoms with Crippen LogP contribution in [0.15, 0.2) is 46.5 Å². The molecule has 1 saturated heterocycles. The van der Waals surface area contributed by atoms with E-state index < -0.39 is 0 Å². The standard InChI is InChI=1S/C24H30N8O2S/c1-16-14-22(31-30-16)27-21-15-20(25-8-9-32-10-12-34-13-11-32)28-24(29-21)35-19-6-4-18(5-7-19)26-23(33)17-2-3-17/h4-7,14-15,17H,2-3,8-13H2,1H3,(H,26,33)(H3,25,27,28,29,30,31). The number of rotatable bonds is 10. The molecule has 1 aromatic carbocycles. The number of H-pyrrole nitrogens is 1. The van der Waals surface area contributed by atoms with E-state index in [1.807, 2.05) is 43.3 Å². The molecule has 3 aromatic rings. The maximum Gasteiger partial charge on any atom is 0.227 e. The van der Waals surface area contributed by atoms with Crippen LogP contribution in [0.3, 0.4) is 0 Å². The van der Waals surface area contributed by atoms with Crippen LogP contribution in [0.4, 0.5) is 23.1 Å². The van der Waals surface area contributed by atoms with Gasteiger partial charge in [0.25, 0.3) is 0 Å². The van der Waals surface area contributed by atoms with Gasteiger partial charge >= 0.3 is 0 Å². The first kappa shape index (κ1) is 23.6. The number of ether oxygens (including phenoxy) is 1. The molecule has 2 aromatic heterocycles. The highest BCUT2D eigenvalue weighted by molar-refractivity contribution is 7.99. The third-order valence-electron chi connectivity index (χ3n) is 5.78. The number of carbonyl (C=O) groups is 1. The molecule has 184 valence electrons. The second-order valence-corrected chi connectivity index (χ2v) is 9.79. The van der Waals surface area contributed by atoms with E-state index in [9.17, 15) is 4.79 Å². The third-order valence-corrected chi connectivity index (χ3v) is 6.66. The monoisotopic (exact) mass is 494 g/mol. The Bertz CT molecular complexity index is 1140. The summed E-state index contributed by atoms with van der Waals surface area (Å²) >= 11 is 1.47. The summed E-state index contributed by atoms with van der Waals surface area (Å²) in [5, 5.41) is 17.5. The van der Waals surface area contributed by atoms with E-state index in [1.54, 1.807) is 0 Å². The molecule has 3 heterocycles. The minimum absolute atomic E-state index is 0.105. The topological polar surface area (TPSA) is 120 Å². The van der Waals surface area contributed by atoms with Crippen LogP contribution in [-0.4, -0.2) is 70.4 Å². The average Bonchev–Trinajstić information content (AvgIpc) is 3.63. The summed E-state index contributed by atoms with van der Waals surface area (Å²) in [7, 11) is 0. The SMILES string of the molecule is Cc1cc(Nc2cc(NCCN3CCOCC3)nc(Sc3ccc(NC(=O)C4CC4)cc3)n2)n[nH]1. The largest absolute Gasteiger partial charge is 0.379 e. The van der Waals surface area contributed by atoms with E-state index in [0.717, 1.165) is 74.3 Å². The van der Waals surface area contributed by atoms with Crippen LogP contribution in [0, 0.1) is 12.8 Å². The van der Waals surface area contributed by atoms with E-state index in [0.29, 0.717) is 16.8 Å². The Balaban J connectivity index is 1.26. The number of carbonyl (C=O) groups excluding carboxylic acids is 1. The molecule has 0 bridgehead atoms. The number of hydrogen-bond donors (Lipinski definition) is 4. The number of anilines is 4. The number of amides is 1. The summed E-state index contributed by atoms with van der Waals surface area (Å²) in [6, 6.07) is 11.6. The highest BCUT2D eigenvalue weighted by atomic mass is 32.2. The minimum atomic E-state index is 0.105. The van der Waals surface area contributed by atoms with Crippen LogP contribution in [0.25, 0.3) is 0 Å². The molecule has 10 nitrogen and oxygen atoms in total. The Morgan fingerprint density at radius 3 is 2.60 bits per heavy atom. The lowest BCUT2D eigenvalue weighted by Gasteiger charge is -2.26. The highest BCUT2D eigenvalue weighted by Gasteiger charge is 2.29. The highest BCUT2D eigenvalue weighted by Crippen LogP contribution is 2.31. The van der Waals surface area contributed by atoms with Gasteiger partial charge in [-0.2, -0.15) is 5.10 Å². The molecule has 2 fully saturated rings. The Labute approximate surface area is 208 Å². The number of nitrogens with one attached hydrogen (secondary N) is 4. The van der Waals surface area contributed by atoms with Gasteiger partial charge in [-0.1, -0.05) is 0 Å². The first-order valence-corrected chi connectivity index (χ1v) is 12.7. The Kier molecular flexibility index (Phi) is 7.45. The lowest BCUT2D eigenvalue weighted by atomic mass is 10.3. The predicted octanol–water partition coefficient (Wildman–Crippen LogP) is 3.50. The van der Waals surface area contributed by atoms with Crippen LogP contribution in [-0.2, 0) is 9.53 Å². The van der Waals surface area contributed by atoms with E-state index >= 15 is 0 Å². The molecule has 4 N–H and O–H groups in total. The number of morpholine rings is 1. The molecule has 1 saturated carbocycles. The fourth-order valence-corrected chi connectivity index (χ4v) is 4.48. The van der Waals surface area contributed by atoms with Gasteiger partial charge in [-0.05, 0) is 55.8 Å². The van der Waals surface area contributed by atoms with Crippen LogP contribution in [0.2, 0.25) is 0 Å². The van der Waals surface area contributed by atoms with E-state index in [1.165, 1.54) is 11.8 Å². The molecule has 1 amide bonds. The summed E-state index contributed by atoms with van der Waals surface area (Å²) in [4.78, 5) is 24.8. The van der Waals surface area contributed by atoms with Gasteiger partial charge < -0.3 is 20.7 Å². The number of aryl methyl sites for hydroxylation is 1. The number of nitrogens with zero attached hydrogens (tertiary/aromatic N) is 4. The van der Waals surface area contributed by atoms with Gasteiger partial charge in [0, 0.05) is 60.5 Å². The number of hydrogen-bond acceptors (Lipinski definition) is 9. The molecular weight excluding hydrogens is 464 g/mol. The van der Waals surface area contributed by atoms with Crippen molar-refractivity contribution in [3.63, 3.8) is 0 Å². The lowest BCUT2D eigenvalue weighted by Crippen LogP contribution is -2.39. The van der Waals surface area contributed by atoms with E-state index in [4.69, 9.17) is 9.72 Å². The predicted molar refractivity (Wildman–Crippen MR) is 136 cm³/mol. The van der Waals surface area contributed by atoms with Gasteiger partial charge in [-0.25, -0.2) is 9.97 Å². The van der Waals surface area contributed by atoms with Crippen molar-refractivity contribution in [3.8, 4) is 0 Å². The fraction of sp³-hybridized carbons (Fsp3) is 0.417. The molecule has 0 radical (unpaired) electrons. The third kappa shape index (κ3) is 6.93. The van der Waals surface area contributed by atoms with Crippen molar-refractivity contribution in [1.82, 2.24) is 25.1 Å². The molecule has 2 aliphatic rings. The molecule has 0 spiro atoms. The molecule has 5 rings (SSSR count). The van der Waals surface area contributed by atoms with Gasteiger partial charge in [0.2, 0.25) is 5.91 Å². The van der Waals surface area contributed by atoms with Crippen molar-refractivity contribution in [1.29, 1.82) is 0 Å². The zero-order valence-electron chi connectivity index (χ0n) is 19.7. The fourth-order valence-electron chi connectivity index (χ4n) is 3.71. The van der Waals surface area contributed by atoms with Gasteiger partial charge in [-0.3, -0.25) is 14.8 Å². The van der Waals surface area contributed by atoms with Crippen LogP contribution >= 0.6 is 11.8 Å². The maximum absolute atomic E-state index is 12.0. The van der Waals surface area contributed by atoms with Crippen molar-refractivity contribution < 1.29 is 9.53 Å². The average molecular weight is 495 g/mol. The molecular formula is C24H30N8O2S. The quantitative estimate of drug-likeness (QED) is 0.314. The summed E-state index contributed by atoms with van der Waals surface area (Å²) in [5.74, 6) is 2.40. The normalized spacial score (nSPS) is 16.1. The second kappa shape index (κ2) is 11.1. The van der Waals surface area contributed by atoms with Crippen LogP contribution in [0.1, 0.15) is 18.5 Å². The minimum Gasteiger partial charge on any atom is -0.379 e. The van der Waals surface area contributed by atoms with Gasteiger partial charge in [0.1, 0.15) is 11.6 Å². The molecule has 11 heteroatoms. The molecule has 1 aliphatic heterocycles. The van der Waals surface area contributed by atoms with Crippen molar-refractivity contribution in [3.05, 3.63) is 42.1 Å². The number of aromatic nitrogens is 4. The van der Waals surface area contributed by atoms with Crippen molar-refractivity contribution in [2.24, 2.45) is 5.92 Å². The lowest BCUT2D eigenvalue weighted by molar-refractivity contribution is -0.117. The molecule has 35 heavy (non-hydrogen) atoms. The number of aromatic amines is 1. The van der Waals surface area contributed by atoms with Crippen LogP contribution in [0.5, 0.6) is 0 Å². The molecule has 0 atom stereocenters. The van der Waals surface area contributed by atoms with Crippen molar-refractivity contribution in [2.75, 3.05) is 55.3 Å². The first-order chi connectivity index (χ1) is 17.1. The van der Waals surface area contributed by atoms with E-state index in [2.05, 4.69) is 36.0 Å². The molecule has 0 unspecified atom stereocenters. The summed E-state index contributed by atoms with van der Waals surface area (Å²) in [6.45, 7) is 7.13. The van der Waals surface area contributed by atoms with Crippen molar-refractivity contribution in [2.45, 2.75) is 29.8 Å². The Morgan fingerprint density at radius 2 is 1.89 bits per heavy atom. The van der Waals surface area contributed by atoms with Crippen LogP contribution < -0.4 is 16.0 Å². The van der Waals surface area contributed by atoms with E-state index in [-0.39, 0.29) is 11.8 Å². The zero-order valence-corrected chi connectivity index (χ0v) is 20.5. The van der Waals surface area contributed by atoms with Gasteiger partial charge in [0.05, 0.1) is 13.2 Å². The molecule has 1 aliphatic carbocycles. The summed E-state index contributed by atoms with van der Waals surface area (Å²) < 4.78 is 5.43. The van der Waals surface area contributed by atoms with Gasteiger partial charge in [0.15, 0.2) is 11.0 Å². The smallest absolute Gasteiger partial charge is 0.227 e. The summed E-state index contributed by atoms with van der Waals surface area (Å²) in [6.07, 6.45) is 1.98. The van der Waals surface area contributed by atoms with Crippen molar-refractivity contribution >= 4 is 40.8 Å². The maximum atomic E-state index is 12.0. The second-order valence-electron chi connectivity index (χ2n) is 8.75.